The molecule has 19 heavy (non-hydrogen) atoms. The highest BCUT2D eigenvalue weighted by Crippen LogP contribution is 2.24. The van der Waals surface area contributed by atoms with Gasteiger partial charge in [-0.1, -0.05) is 18.2 Å². The first-order chi connectivity index (χ1) is 9.22. The summed E-state index contributed by atoms with van der Waals surface area (Å²) in [6.07, 6.45) is 3.69. The van der Waals surface area contributed by atoms with Crippen molar-refractivity contribution in [1.29, 1.82) is 0 Å². The van der Waals surface area contributed by atoms with Crippen LogP contribution in [0.3, 0.4) is 0 Å². The van der Waals surface area contributed by atoms with Crippen LogP contribution < -0.4 is 5.32 Å². The van der Waals surface area contributed by atoms with Crippen molar-refractivity contribution in [1.82, 2.24) is 0 Å². The molecule has 0 aliphatic heterocycles. The summed E-state index contributed by atoms with van der Waals surface area (Å²) in [6, 6.07) is 11.7. The first-order valence-electron chi connectivity index (χ1n) is 6.52. The number of fused-ring (bicyclic) bond motifs is 1. The smallest absolute Gasteiger partial charge is 0.137 e. The van der Waals surface area contributed by atoms with Crippen molar-refractivity contribution >= 4 is 21.6 Å². The number of anilines is 1. The summed E-state index contributed by atoms with van der Waals surface area (Å²) in [5.74, 6) is -0.233. The minimum absolute atomic E-state index is 0.233. The maximum Gasteiger partial charge on any atom is 0.137 e. The minimum Gasteiger partial charge on any atom is -0.381 e. The molecule has 0 fully saturated rings. The molecule has 0 unspecified atom stereocenters. The Balaban J connectivity index is 1.70. The van der Waals surface area contributed by atoms with Crippen LogP contribution in [0, 0.1) is 5.82 Å². The van der Waals surface area contributed by atoms with Crippen molar-refractivity contribution in [3.8, 4) is 0 Å². The molecule has 0 aromatic heterocycles. The van der Waals surface area contributed by atoms with Crippen LogP contribution in [0.2, 0.25) is 0 Å². The highest BCUT2D eigenvalue weighted by molar-refractivity contribution is 9.10. The summed E-state index contributed by atoms with van der Waals surface area (Å²) in [4.78, 5) is 0. The Morgan fingerprint density at radius 3 is 2.74 bits per heavy atom. The number of benzene rings is 2. The SMILES string of the molecule is Fc1ccc(NCc2ccc3c(c2)CCC3)cc1Br. The van der Waals surface area contributed by atoms with E-state index in [1.165, 1.54) is 42.0 Å². The van der Waals surface area contributed by atoms with Gasteiger partial charge in [-0.05, 0) is 70.1 Å². The van der Waals surface area contributed by atoms with E-state index in [9.17, 15) is 4.39 Å². The first-order valence-corrected chi connectivity index (χ1v) is 7.31. The van der Waals surface area contributed by atoms with Gasteiger partial charge in [0.05, 0.1) is 4.47 Å². The molecule has 0 bridgehead atoms. The van der Waals surface area contributed by atoms with Crippen molar-refractivity contribution < 1.29 is 4.39 Å². The normalized spacial score (nSPS) is 13.4. The molecule has 1 aliphatic rings. The van der Waals surface area contributed by atoms with Crippen LogP contribution in [0.15, 0.2) is 40.9 Å². The average Bonchev–Trinajstić information content (AvgIpc) is 2.87. The summed E-state index contributed by atoms with van der Waals surface area (Å²) in [5, 5.41) is 3.32. The second-order valence-corrected chi connectivity index (χ2v) is 5.79. The lowest BCUT2D eigenvalue weighted by molar-refractivity contribution is 0.621. The summed E-state index contributed by atoms with van der Waals surface area (Å²) >= 11 is 3.20. The lowest BCUT2D eigenvalue weighted by Gasteiger charge is -2.09. The lowest BCUT2D eigenvalue weighted by Crippen LogP contribution is -2.00. The molecule has 3 heteroatoms. The third kappa shape index (κ3) is 2.81. The number of hydrogen-bond acceptors (Lipinski definition) is 1. The second kappa shape index (κ2) is 5.33. The third-order valence-electron chi connectivity index (χ3n) is 3.58. The average molecular weight is 320 g/mol. The molecule has 0 atom stereocenters. The zero-order valence-corrected chi connectivity index (χ0v) is 12.1. The summed E-state index contributed by atoms with van der Waals surface area (Å²) in [5.41, 5.74) is 5.18. The Hall–Kier alpha value is -1.35. The predicted octanol–water partition coefficient (Wildman–Crippen LogP) is 4.69. The molecule has 1 nitrogen and oxygen atoms in total. The molecule has 98 valence electrons. The van der Waals surface area contributed by atoms with E-state index in [1.54, 1.807) is 12.1 Å². The van der Waals surface area contributed by atoms with Gasteiger partial charge in [-0.2, -0.15) is 0 Å². The quantitative estimate of drug-likeness (QED) is 0.865. The largest absolute Gasteiger partial charge is 0.381 e. The summed E-state index contributed by atoms with van der Waals surface area (Å²) in [6.45, 7) is 0.769. The van der Waals surface area contributed by atoms with E-state index in [0.29, 0.717) is 4.47 Å². The van der Waals surface area contributed by atoms with Gasteiger partial charge >= 0.3 is 0 Å². The van der Waals surface area contributed by atoms with Crippen molar-refractivity contribution in [2.75, 3.05) is 5.32 Å². The topological polar surface area (TPSA) is 12.0 Å². The molecule has 0 spiro atoms. The Labute approximate surface area is 121 Å². The fraction of sp³-hybridized carbons (Fsp3) is 0.250. The van der Waals surface area contributed by atoms with Crippen LogP contribution in [0.5, 0.6) is 0 Å². The standard InChI is InChI=1S/C16H15BrFN/c17-15-9-14(6-7-16(15)18)19-10-11-4-5-12-2-1-3-13(12)8-11/h4-9,19H,1-3,10H2. The molecule has 0 saturated carbocycles. The number of nitrogens with one attached hydrogen (secondary N) is 1. The van der Waals surface area contributed by atoms with Gasteiger partial charge in [-0.3, -0.25) is 0 Å². The summed E-state index contributed by atoms with van der Waals surface area (Å²) in [7, 11) is 0. The highest BCUT2D eigenvalue weighted by atomic mass is 79.9. The third-order valence-corrected chi connectivity index (χ3v) is 4.19. The molecule has 1 aliphatic carbocycles. The van der Waals surface area contributed by atoms with E-state index in [-0.39, 0.29) is 5.82 Å². The zero-order valence-electron chi connectivity index (χ0n) is 10.5. The summed E-state index contributed by atoms with van der Waals surface area (Å²) < 4.78 is 13.6. The molecule has 1 N–H and O–H groups in total. The van der Waals surface area contributed by atoms with Gasteiger partial charge in [0.25, 0.3) is 0 Å². The molecule has 0 radical (unpaired) electrons. The van der Waals surface area contributed by atoms with Gasteiger partial charge < -0.3 is 5.32 Å². The molecular weight excluding hydrogens is 305 g/mol. The molecule has 2 aromatic rings. The number of rotatable bonds is 3. The van der Waals surface area contributed by atoms with Crippen LogP contribution in [0.25, 0.3) is 0 Å². The molecule has 0 amide bonds. The van der Waals surface area contributed by atoms with Crippen LogP contribution >= 0.6 is 15.9 Å². The van der Waals surface area contributed by atoms with E-state index in [2.05, 4.69) is 39.4 Å². The maximum atomic E-state index is 13.1. The van der Waals surface area contributed by atoms with Crippen LogP contribution in [0.4, 0.5) is 10.1 Å². The molecule has 0 heterocycles. The fourth-order valence-corrected chi connectivity index (χ4v) is 2.92. The molecular formula is C16H15BrFN. The highest BCUT2D eigenvalue weighted by Gasteiger charge is 2.10. The predicted molar refractivity (Wildman–Crippen MR) is 79.9 cm³/mol. The number of aryl methyl sites for hydroxylation is 2. The van der Waals surface area contributed by atoms with E-state index in [0.717, 1.165) is 12.2 Å². The second-order valence-electron chi connectivity index (χ2n) is 4.94. The lowest BCUT2D eigenvalue weighted by atomic mass is 10.1. The fourth-order valence-electron chi connectivity index (χ4n) is 2.55. The van der Waals surface area contributed by atoms with E-state index < -0.39 is 0 Å². The molecule has 3 rings (SSSR count). The van der Waals surface area contributed by atoms with Gasteiger partial charge in [0.15, 0.2) is 0 Å². The number of hydrogen-bond donors (Lipinski definition) is 1. The van der Waals surface area contributed by atoms with Crippen molar-refractivity contribution in [2.45, 2.75) is 25.8 Å². The molecule has 0 saturated heterocycles. The van der Waals surface area contributed by atoms with Crippen LogP contribution in [0.1, 0.15) is 23.1 Å². The maximum absolute atomic E-state index is 13.1. The Morgan fingerprint density at radius 1 is 1.05 bits per heavy atom. The van der Waals surface area contributed by atoms with Crippen molar-refractivity contribution in [3.05, 3.63) is 63.4 Å². The van der Waals surface area contributed by atoms with Gasteiger partial charge in [0, 0.05) is 12.2 Å². The van der Waals surface area contributed by atoms with Crippen molar-refractivity contribution in [2.24, 2.45) is 0 Å². The monoisotopic (exact) mass is 319 g/mol. The Bertz CT molecular complexity index is 610. The van der Waals surface area contributed by atoms with Crippen LogP contribution in [-0.2, 0) is 19.4 Å². The number of halogens is 2. The first kappa shape index (κ1) is 12.7. The van der Waals surface area contributed by atoms with E-state index >= 15 is 0 Å². The Kier molecular flexibility index (Phi) is 3.56. The zero-order chi connectivity index (χ0) is 13.2. The molecule has 2 aromatic carbocycles. The minimum atomic E-state index is -0.233. The van der Waals surface area contributed by atoms with E-state index in [1.807, 2.05) is 0 Å². The van der Waals surface area contributed by atoms with Gasteiger partial charge in [-0.25, -0.2) is 4.39 Å². The Morgan fingerprint density at radius 2 is 1.89 bits per heavy atom. The van der Waals surface area contributed by atoms with E-state index in [4.69, 9.17) is 0 Å². The van der Waals surface area contributed by atoms with Crippen molar-refractivity contribution in [3.63, 3.8) is 0 Å². The van der Waals surface area contributed by atoms with Crippen LogP contribution in [-0.4, -0.2) is 0 Å². The van der Waals surface area contributed by atoms with Gasteiger partial charge in [-0.15, -0.1) is 0 Å². The van der Waals surface area contributed by atoms with Gasteiger partial charge in [0.2, 0.25) is 0 Å². The van der Waals surface area contributed by atoms with Gasteiger partial charge in [0.1, 0.15) is 5.82 Å².